The summed E-state index contributed by atoms with van der Waals surface area (Å²) in [5.74, 6) is -0.622. The van der Waals surface area contributed by atoms with Gasteiger partial charge in [-0.25, -0.2) is 9.97 Å². The molecule has 0 fully saturated rings. The van der Waals surface area contributed by atoms with Crippen molar-refractivity contribution >= 4 is 114 Å². The van der Waals surface area contributed by atoms with Gasteiger partial charge in [-0.15, -0.1) is 22.7 Å². The number of anilines is 2. The summed E-state index contributed by atoms with van der Waals surface area (Å²) >= 11 is 17.3. The number of nitrogens with one attached hydrogen (secondary N) is 2. The Morgan fingerprint density at radius 2 is 1.02 bits per heavy atom. The number of thioether (sulfide) groups is 2. The molecule has 0 aliphatic carbocycles. The SMILES string of the molecule is Cc1sc(NC2=NC(=O)/C(=C\c3ccc(Cl)cc3)S2)nc1-c1nc(NC2=NC(=O)/C(=C\c3ccc(Cl)cc3)S2)sc1C. The number of aromatic nitrogens is 2. The zero-order valence-electron chi connectivity index (χ0n) is 21.8. The standard InChI is InChI=1S/C28H18Cl2N6O2S4/c1-13-21(31-25(39-13)35-27-33-23(37)19(41-27)11-15-3-7-17(29)8-4-15)22-14(2)40-26(32-22)36-28-34-24(38)20(42-28)12-16-5-9-18(30)10-6-16/h3-12H,1-2H3,(H,31,33,35,37)(H,32,34,36,38)/b19-11+,20-12+. The molecule has 0 radical (unpaired) electrons. The lowest BCUT2D eigenvalue weighted by Gasteiger charge is -2.00. The highest BCUT2D eigenvalue weighted by Gasteiger charge is 2.26. The molecule has 2 N–H and O–H groups in total. The zero-order chi connectivity index (χ0) is 29.4. The number of carbonyl (C=O) groups excluding carboxylic acids is 2. The predicted molar refractivity (Wildman–Crippen MR) is 179 cm³/mol. The van der Waals surface area contributed by atoms with Crippen LogP contribution in [0.2, 0.25) is 10.0 Å². The number of aliphatic imine (C=N–C) groups is 2. The molecule has 4 heterocycles. The summed E-state index contributed by atoms with van der Waals surface area (Å²) in [4.78, 5) is 45.6. The molecule has 6 rings (SSSR count). The Balaban J connectivity index is 1.13. The molecular formula is C28H18Cl2N6O2S4. The Labute approximate surface area is 267 Å². The molecule has 210 valence electrons. The number of rotatable bonds is 5. The normalized spacial score (nSPS) is 16.9. The molecule has 0 saturated carbocycles. The van der Waals surface area contributed by atoms with Crippen molar-refractivity contribution in [3.63, 3.8) is 0 Å². The highest BCUT2D eigenvalue weighted by atomic mass is 35.5. The molecule has 2 aliphatic rings. The molecule has 2 aliphatic heterocycles. The van der Waals surface area contributed by atoms with Gasteiger partial charge in [-0.2, -0.15) is 9.98 Å². The van der Waals surface area contributed by atoms with E-state index in [0.29, 0.717) is 40.5 Å². The van der Waals surface area contributed by atoms with Crippen LogP contribution in [0.15, 0.2) is 68.3 Å². The number of nitrogens with zero attached hydrogens (tertiary/aromatic N) is 4. The second kappa shape index (κ2) is 12.2. The molecule has 2 aromatic heterocycles. The van der Waals surface area contributed by atoms with Crippen LogP contribution in [0.4, 0.5) is 10.3 Å². The van der Waals surface area contributed by atoms with Gasteiger partial charge >= 0.3 is 0 Å². The van der Waals surface area contributed by atoms with Crippen molar-refractivity contribution in [2.75, 3.05) is 10.6 Å². The fraction of sp³-hybridized carbons (Fsp3) is 0.0714. The molecule has 0 atom stereocenters. The molecule has 8 nitrogen and oxygen atoms in total. The summed E-state index contributed by atoms with van der Waals surface area (Å²) in [5.41, 5.74) is 3.19. The summed E-state index contributed by atoms with van der Waals surface area (Å²) in [5, 5.41) is 9.73. The van der Waals surface area contributed by atoms with Crippen molar-refractivity contribution in [1.29, 1.82) is 0 Å². The Bertz CT molecular complexity index is 1720. The maximum absolute atomic E-state index is 12.5. The molecule has 0 spiro atoms. The van der Waals surface area contributed by atoms with Crippen molar-refractivity contribution in [1.82, 2.24) is 9.97 Å². The molecular weight excluding hydrogens is 652 g/mol. The van der Waals surface area contributed by atoms with Crippen LogP contribution >= 0.6 is 69.4 Å². The van der Waals surface area contributed by atoms with Crippen LogP contribution in [0, 0.1) is 13.8 Å². The number of benzene rings is 2. The smallest absolute Gasteiger partial charge is 0.286 e. The van der Waals surface area contributed by atoms with Gasteiger partial charge in [0.15, 0.2) is 20.6 Å². The molecule has 2 aromatic carbocycles. The lowest BCUT2D eigenvalue weighted by molar-refractivity contribution is -0.114. The number of carbonyl (C=O) groups is 2. The molecule has 2 amide bonds. The zero-order valence-corrected chi connectivity index (χ0v) is 26.5. The molecule has 0 saturated heterocycles. The van der Waals surface area contributed by atoms with Gasteiger partial charge in [-0.3, -0.25) is 9.59 Å². The van der Waals surface area contributed by atoms with E-state index in [0.717, 1.165) is 32.3 Å². The van der Waals surface area contributed by atoms with Crippen LogP contribution in [-0.4, -0.2) is 32.1 Å². The number of hydrogen-bond donors (Lipinski definition) is 2. The van der Waals surface area contributed by atoms with Gasteiger partial charge in [-0.05, 0) is 84.9 Å². The van der Waals surface area contributed by atoms with Gasteiger partial charge < -0.3 is 10.6 Å². The Hall–Kier alpha value is -3.26. The van der Waals surface area contributed by atoms with E-state index in [2.05, 4.69) is 20.6 Å². The van der Waals surface area contributed by atoms with Crippen molar-refractivity contribution in [3.8, 4) is 11.4 Å². The predicted octanol–water partition coefficient (Wildman–Crippen LogP) is 8.36. The fourth-order valence-corrected chi connectivity index (χ4v) is 7.50. The first-order valence-electron chi connectivity index (χ1n) is 12.3. The van der Waals surface area contributed by atoms with E-state index < -0.39 is 0 Å². The minimum Gasteiger partial charge on any atom is -0.310 e. The number of hydrogen-bond acceptors (Lipinski definition) is 10. The van der Waals surface area contributed by atoms with Gasteiger partial charge in [0.2, 0.25) is 0 Å². The van der Waals surface area contributed by atoms with E-state index in [1.54, 1.807) is 36.4 Å². The molecule has 42 heavy (non-hydrogen) atoms. The van der Waals surface area contributed by atoms with E-state index in [1.165, 1.54) is 46.2 Å². The Kier molecular flexibility index (Phi) is 8.35. The third-order valence-electron chi connectivity index (χ3n) is 5.82. The maximum Gasteiger partial charge on any atom is 0.286 e. The third-order valence-corrected chi connectivity index (χ3v) is 9.90. The van der Waals surface area contributed by atoms with Crippen LogP contribution in [0.5, 0.6) is 0 Å². The highest BCUT2D eigenvalue weighted by Crippen LogP contribution is 2.38. The summed E-state index contributed by atoms with van der Waals surface area (Å²) in [6.07, 6.45) is 3.56. The maximum atomic E-state index is 12.5. The lowest BCUT2D eigenvalue weighted by Crippen LogP contribution is -2.04. The molecule has 0 bridgehead atoms. The number of amidine groups is 2. The Morgan fingerprint density at radius 3 is 1.40 bits per heavy atom. The molecule has 14 heteroatoms. The van der Waals surface area contributed by atoms with Crippen LogP contribution < -0.4 is 10.6 Å². The lowest BCUT2D eigenvalue weighted by atomic mass is 10.2. The Morgan fingerprint density at radius 1 is 0.643 bits per heavy atom. The van der Waals surface area contributed by atoms with Crippen LogP contribution in [-0.2, 0) is 9.59 Å². The van der Waals surface area contributed by atoms with Crippen molar-refractivity contribution in [2.24, 2.45) is 9.98 Å². The number of amides is 2. The second-order valence-electron chi connectivity index (χ2n) is 8.87. The van der Waals surface area contributed by atoms with Crippen molar-refractivity contribution in [2.45, 2.75) is 13.8 Å². The topological polar surface area (TPSA) is 109 Å². The molecule has 4 aromatic rings. The van der Waals surface area contributed by atoms with Crippen LogP contribution in [0.3, 0.4) is 0 Å². The van der Waals surface area contributed by atoms with E-state index in [-0.39, 0.29) is 11.8 Å². The first-order chi connectivity index (χ1) is 20.2. The second-order valence-corrected chi connectivity index (χ2v) is 14.2. The van der Waals surface area contributed by atoms with Crippen LogP contribution in [0.25, 0.3) is 23.5 Å². The first-order valence-corrected chi connectivity index (χ1v) is 16.3. The minimum absolute atomic E-state index is 0.311. The monoisotopic (exact) mass is 668 g/mol. The van der Waals surface area contributed by atoms with Gasteiger partial charge in [0.05, 0.1) is 9.81 Å². The van der Waals surface area contributed by atoms with E-state index >= 15 is 0 Å². The quantitative estimate of drug-likeness (QED) is 0.204. The summed E-state index contributed by atoms with van der Waals surface area (Å²) in [7, 11) is 0. The number of thiazole rings is 2. The molecule has 0 unspecified atom stereocenters. The van der Waals surface area contributed by atoms with Gasteiger partial charge in [0, 0.05) is 19.8 Å². The van der Waals surface area contributed by atoms with E-state index in [4.69, 9.17) is 33.2 Å². The fourth-order valence-electron chi connectivity index (χ4n) is 3.87. The van der Waals surface area contributed by atoms with E-state index in [9.17, 15) is 9.59 Å². The number of aryl methyl sites for hydroxylation is 2. The largest absolute Gasteiger partial charge is 0.310 e. The first kappa shape index (κ1) is 28.8. The van der Waals surface area contributed by atoms with Crippen molar-refractivity contribution in [3.05, 3.63) is 89.3 Å². The van der Waals surface area contributed by atoms with Crippen molar-refractivity contribution < 1.29 is 9.59 Å². The summed E-state index contributed by atoms with van der Waals surface area (Å²) < 4.78 is 0. The van der Waals surface area contributed by atoms with Gasteiger partial charge in [0.25, 0.3) is 11.8 Å². The van der Waals surface area contributed by atoms with Crippen LogP contribution in [0.1, 0.15) is 20.9 Å². The minimum atomic E-state index is -0.311. The average molecular weight is 670 g/mol. The summed E-state index contributed by atoms with van der Waals surface area (Å²) in [6, 6.07) is 14.5. The summed E-state index contributed by atoms with van der Waals surface area (Å²) in [6.45, 7) is 3.93. The van der Waals surface area contributed by atoms with E-state index in [1.807, 2.05) is 38.1 Å². The third kappa shape index (κ3) is 6.54. The van der Waals surface area contributed by atoms with Gasteiger partial charge in [-0.1, -0.05) is 47.5 Å². The average Bonchev–Trinajstić information content (AvgIpc) is 3.69. The van der Waals surface area contributed by atoms with Gasteiger partial charge in [0.1, 0.15) is 11.4 Å². The number of halogens is 2. The highest BCUT2D eigenvalue weighted by molar-refractivity contribution is 8.19.